The maximum atomic E-state index is 11.8. The third kappa shape index (κ3) is 4.02. The number of carbonyl (C=O) groups is 1. The summed E-state index contributed by atoms with van der Waals surface area (Å²) in [6.07, 6.45) is 3.64. The fourth-order valence-corrected chi connectivity index (χ4v) is 5.37. The minimum atomic E-state index is -0.204. The number of methoxy groups -OCH3 is 2. The lowest BCUT2D eigenvalue weighted by Crippen LogP contribution is -2.38. The van der Waals surface area contributed by atoms with Gasteiger partial charge in [-0.2, -0.15) is 5.10 Å². The molecule has 1 aromatic heterocycles. The van der Waals surface area contributed by atoms with Crippen LogP contribution in [0.1, 0.15) is 40.8 Å². The third-order valence-electron chi connectivity index (χ3n) is 6.15. The smallest absolute Gasteiger partial charge is 0.243 e. The Morgan fingerprint density at radius 2 is 2.00 bits per heavy atom. The number of benzene rings is 1. The molecule has 31 heavy (non-hydrogen) atoms. The molecule has 7 nitrogen and oxygen atoms in total. The minimum Gasteiger partial charge on any atom is -0.495 e. The molecule has 2 N–H and O–H groups in total. The van der Waals surface area contributed by atoms with Gasteiger partial charge >= 0.3 is 0 Å². The molecule has 4 rings (SSSR count). The summed E-state index contributed by atoms with van der Waals surface area (Å²) in [5, 5.41) is 11.8. The first-order valence-corrected chi connectivity index (χ1v) is 10.9. The third-order valence-corrected chi connectivity index (χ3v) is 6.93. The zero-order chi connectivity index (χ0) is 22.1. The van der Waals surface area contributed by atoms with E-state index in [0.717, 1.165) is 29.8 Å². The van der Waals surface area contributed by atoms with E-state index in [1.165, 1.54) is 11.6 Å². The molecule has 0 unspecified atom stereocenters. The van der Waals surface area contributed by atoms with Gasteiger partial charge in [-0.25, -0.2) is 0 Å². The number of hydrogen-bond acceptors (Lipinski definition) is 5. The molecule has 0 bridgehead atoms. The molecule has 9 heteroatoms. The van der Waals surface area contributed by atoms with Gasteiger partial charge in [0, 0.05) is 23.2 Å². The normalized spacial score (nSPS) is 22.6. The first kappa shape index (κ1) is 22.0. The number of ether oxygens (including phenoxy) is 3. The Morgan fingerprint density at radius 1 is 1.29 bits per heavy atom. The van der Waals surface area contributed by atoms with Crippen LogP contribution in [0.3, 0.4) is 0 Å². The lowest BCUT2D eigenvalue weighted by atomic mass is 9.80. The van der Waals surface area contributed by atoms with E-state index < -0.39 is 0 Å². The van der Waals surface area contributed by atoms with Crippen molar-refractivity contribution in [2.75, 3.05) is 27.4 Å². The number of carbonyl (C=O) groups excluding carboxylic acids is 1. The van der Waals surface area contributed by atoms with Crippen LogP contribution in [-0.2, 0) is 22.4 Å². The lowest BCUT2D eigenvalue weighted by molar-refractivity contribution is -0.117. The molecule has 1 fully saturated rings. The van der Waals surface area contributed by atoms with Crippen molar-refractivity contribution >= 4 is 29.1 Å². The molecule has 2 aliphatic rings. The average Bonchev–Trinajstić information content (AvgIpc) is 3.40. The van der Waals surface area contributed by atoms with Crippen molar-refractivity contribution in [3.8, 4) is 11.5 Å². The number of nitrogens with zero attached hydrogens (tertiary/aromatic N) is 1. The van der Waals surface area contributed by atoms with Gasteiger partial charge in [0.05, 0.1) is 49.2 Å². The molecule has 1 aliphatic carbocycles. The summed E-state index contributed by atoms with van der Waals surface area (Å²) in [4.78, 5) is 11.8. The van der Waals surface area contributed by atoms with Crippen molar-refractivity contribution < 1.29 is 19.0 Å². The lowest BCUT2D eigenvalue weighted by Gasteiger charge is -2.26. The van der Waals surface area contributed by atoms with Crippen LogP contribution in [0.15, 0.2) is 18.7 Å². The zero-order valence-electron chi connectivity index (χ0n) is 17.5. The number of fused-ring (bicyclic) bond motifs is 1. The minimum absolute atomic E-state index is 0.0285. The second kappa shape index (κ2) is 9.10. The van der Waals surface area contributed by atoms with Crippen LogP contribution in [-0.4, -0.2) is 49.6 Å². The highest BCUT2D eigenvalue weighted by atomic mass is 35.5. The van der Waals surface area contributed by atoms with Crippen molar-refractivity contribution in [3.63, 3.8) is 0 Å². The van der Waals surface area contributed by atoms with E-state index in [9.17, 15) is 4.79 Å². The number of aromatic amines is 1. The molecule has 1 aliphatic heterocycles. The Bertz CT molecular complexity index is 979. The van der Waals surface area contributed by atoms with Gasteiger partial charge < -0.3 is 19.5 Å². The Morgan fingerprint density at radius 3 is 2.65 bits per heavy atom. The van der Waals surface area contributed by atoms with Gasteiger partial charge in [-0.1, -0.05) is 29.8 Å². The molecular weight excluding hydrogens is 441 g/mol. The van der Waals surface area contributed by atoms with Crippen LogP contribution >= 0.6 is 23.2 Å². The largest absolute Gasteiger partial charge is 0.495 e. The molecule has 1 saturated heterocycles. The highest BCUT2D eigenvalue weighted by Crippen LogP contribution is 2.47. The fraction of sp³-hybridized carbons (Fsp3) is 0.455. The summed E-state index contributed by atoms with van der Waals surface area (Å²) in [6, 6.07) is 1.59. The predicted molar refractivity (Wildman–Crippen MR) is 119 cm³/mol. The summed E-state index contributed by atoms with van der Waals surface area (Å²) in [5.74, 6) is 0.986. The number of amides is 1. The summed E-state index contributed by atoms with van der Waals surface area (Å²) in [6.45, 7) is 4.52. The molecule has 0 saturated carbocycles. The van der Waals surface area contributed by atoms with E-state index in [4.69, 9.17) is 37.4 Å². The van der Waals surface area contributed by atoms with E-state index in [2.05, 4.69) is 22.1 Å². The van der Waals surface area contributed by atoms with E-state index in [1.807, 2.05) is 0 Å². The molecule has 1 amide bonds. The summed E-state index contributed by atoms with van der Waals surface area (Å²) < 4.78 is 16.5. The first-order valence-electron chi connectivity index (χ1n) is 10.1. The van der Waals surface area contributed by atoms with Crippen molar-refractivity contribution in [3.05, 3.63) is 51.3 Å². The maximum absolute atomic E-state index is 11.8. The van der Waals surface area contributed by atoms with Crippen LogP contribution in [0, 0.1) is 0 Å². The Hall–Kier alpha value is -2.22. The second-order valence-corrected chi connectivity index (χ2v) is 8.54. The van der Waals surface area contributed by atoms with Crippen molar-refractivity contribution in [1.29, 1.82) is 0 Å². The van der Waals surface area contributed by atoms with Crippen LogP contribution in [0.5, 0.6) is 11.5 Å². The highest BCUT2D eigenvalue weighted by molar-refractivity contribution is 6.38. The Labute approximate surface area is 191 Å². The van der Waals surface area contributed by atoms with E-state index >= 15 is 0 Å². The van der Waals surface area contributed by atoms with E-state index in [0.29, 0.717) is 41.2 Å². The molecular formula is C22H25Cl2N3O4. The van der Waals surface area contributed by atoms with Crippen LogP contribution < -0.4 is 14.8 Å². The van der Waals surface area contributed by atoms with Crippen LogP contribution in [0.2, 0.25) is 10.0 Å². The number of rotatable bonds is 6. The molecule has 1 aromatic carbocycles. The molecule has 0 spiro atoms. The predicted octanol–water partition coefficient (Wildman–Crippen LogP) is 3.79. The topological polar surface area (TPSA) is 85.5 Å². The standard InChI is InChI=1S/C22H25Cl2N3O4/c1-4-18(28)25-15-10-31-9-13(15)22-12-6-5-11(7-14(12)26-27-22)19-20(23)16(29-2)8-17(30-3)21(19)24/h4,8,11,13,15H,1,5-7,9-10H2,2-3H3,(H,25,28)(H,26,27)/t11-,13-,15+/m0/s1. The van der Waals surface area contributed by atoms with Gasteiger partial charge in [-0.05, 0) is 36.8 Å². The number of hydrogen-bond donors (Lipinski definition) is 2. The van der Waals surface area contributed by atoms with Crippen LogP contribution in [0.25, 0.3) is 0 Å². The van der Waals surface area contributed by atoms with E-state index in [1.54, 1.807) is 20.3 Å². The van der Waals surface area contributed by atoms with Gasteiger partial charge in [0.25, 0.3) is 0 Å². The molecule has 3 atom stereocenters. The van der Waals surface area contributed by atoms with Crippen molar-refractivity contribution in [2.45, 2.75) is 37.1 Å². The van der Waals surface area contributed by atoms with Gasteiger partial charge in [-0.15, -0.1) is 0 Å². The summed E-state index contributed by atoms with van der Waals surface area (Å²) in [5.41, 5.74) is 4.03. The van der Waals surface area contributed by atoms with E-state index in [-0.39, 0.29) is 23.8 Å². The summed E-state index contributed by atoms with van der Waals surface area (Å²) in [7, 11) is 3.14. The van der Waals surface area contributed by atoms with Crippen molar-refractivity contribution in [1.82, 2.24) is 15.5 Å². The number of halogens is 2. The number of nitrogens with one attached hydrogen (secondary N) is 2. The second-order valence-electron chi connectivity index (χ2n) is 7.79. The Kier molecular flexibility index (Phi) is 6.46. The fourth-order valence-electron chi connectivity index (χ4n) is 4.56. The molecule has 2 aromatic rings. The first-order chi connectivity index (χ1) is 15.0. The molecule has 2 heterocycles. The van der Waals surface area contributed by atoms with Gasteiger partial charge in [-0.3, -0.25) is 9.89 Å². The van der Waals surface area contributed by atoms with Gasteiger partial charge in [0.2, 0.25) is 5.91 Å². The quantitative estimate of drug-likeness (QED) is 0.633. The summed E-state index contributed by atoms with van der Waals surface area (Å²) >= 11 is 13.3. The molecule has 0 radical (unpaired) electrons. The Balaban J connectivity index is 1.61. The van der Waals surface area contributed by atoms with Crippen molar-refractivity contribution in [2.24, 2.45) is 0 Å². The van der Waals surface area contributed by atoms with Gasteiger partial charge in [0.15, 0.2) is 0 Å². The van der Waals surface area contributed by atoms with Crippen LogP contribution in [0.4, 0.5) is 0 Å². The SMILES string of the molecule is C=CC(=O)N[C@@H]1COC[C@@H]1c1[nH]nc2c1CC[C@H](c1c(Cl)c(OC)cc(OC)c1Cl)C2. The molecule has 166 valence electrons. The maximum Gasteiger partial charge on any atom is 0.243 e. The highest BCUT2D eigenvalue weighted by Gasteiger charge is 2.36. The van der Waals surface area contributed by atoms with Gasteiger partial charge in [0.1, 0.15) is 11.5 Å². The monoisotopic (exact) mass is 465 g/mol. The number of H-pyrrole nitrogens is 1. The number of aromatic nitrogens is 2. The zero-order valence-corrected chi connectivity index (χ0v) is 19.0. The average molecular weight is 466 g/mol.